The molecule has 0 aliphatic carbocycles. The number of imide groups is 1. The van der Waals surface area contributed by atoms with Crippen LogP contribution in [0.15, 0.2) is 59.5 Å². The predicted octanol–water partition coefficient (Wildman–Crippen LogP) is 4.55. The van der Waals surface area contributed by atoms with E-state index in [1.54, 1.807) is 13.2 Å². The van der Waals surface area contributed by atoms with Crippen LogP contribution in [0.2, 0.25) is 0 Å². The fourth-order valence-corrected chi connectivity index (χ4v) is 3.37. The number of methoxy groups -OCH3 is 1. The first-order valence-electron chi connectivity index (χ1n) is 8.24. The maximum atomic E-state index is 12.4. The molecular weight excluding hydrogens is 350 g/mol. The number of carbonyl (C=O) groups is 2. The van der Waals surface area contributed by atoms with Gasteiger partial charge in [-0.15, -0.1) is 0 Å². The minimum absolute atomic E-state index is 0.242. The highest BCUT2D eigenvalue weighted by Gasteiger charge is 2.34. The van der Waals surface area contributed by atoms with E-state index in [9.17, 15) is 9.59 Å². The van der Waals surface area contributed by atoms with Crippen LogP contribution in [0.25, 0.3) is 6.08 Å². The number of carbonyl (C=O) groups excluding carboxylic acids is 2. The van der Waals surface area contributed by atoms with Crippen molar-refractivity contribution in [3.05, 3.63) is 65.1 Å². The van der Waals surface area contributed by atoms with Crippen molar-refractivity contribution in [2.45, 2.75) is 6.42 Å². The minimum atomic E-state index is -0.259. The minimum Gasteiger partial charge on any atom is -0.457 e. The van der Waals surface area contributed by atoms with Gasteiger partial charge in [-0.1, -0.05) is 30.3 Å². The molecule has 2 aromatic carbocycles. The van der Waals surface area contributed by atoms with E-state index in [0.717, 1.165) is 23.1 Å². The molecule has 0 unspecified atom stereocenters. The van der Waals surface area contributed by atoms with Crippen molar-refractivity contribution in [2.75, 3.05) is 20.3 Å². The van der Waals surface area contributed by atoms with Crippen LogP contribution in [0.1, 0.15) is 12.0 Å². The third-order valence-electron chi connectivity index (χ3n) is 3.74. The molecule has 0 radical (unpaired) electrons. The van der Waals surface area contributed by atoms with E-state index in [-0.39, 0.29) is 11.1 Å². The summed E-state index contributed by atoms with van der Waals surface area (Å²) in [4.78, 5) is 26.2. The zero-order valence-electron chi connectivity index (χ0n) is 14.4. The lowest BCUT2D eigenvalue weighted by molar-refractivity contribution is -0.122. The van der Waals surface area contributed by atoms with Crippen LogP contribution in [0.3, 0.4) is 0 Å². The third kappa shape index (κ3) is 4.53. The van der Waals surface area contributed by atoms with Crippen molar-refractivity contribution < 1.29 is 19.1 Å². The van der Waals surface area contributed by atoms with E-state index in [4.69, 9.17) is 9.47 Å². The van der Waals surface area contributed by atoms with Crippen molar-refractivity contribution in [3.63, 3.8) is 0 Å². The number of rotatable bonds is 7. The second kappa shape index (κ2) is 8.69. The van der Waals surface area contributed by atoms with Crippen molar-refractivity contribution in [1.82, 2.24) is 4.90 Å². The van der Waals surface area contributed by atoms with Crippen LogP contribution < -0.4 is 4.74 Å². The van der Waals surface area contributed by atoms with Gasteiger partial charge < -0.3 is 9.47 Å². The summed E-state index contributed by atoms with van der Waals surface area (Å²) in [6.45, 7) is 0.882. The van der Waals surface area contributed by atoms with Gasteiger partial charge in [0, 0.05) is 20.3 Å². The lowest BCUT2D eigenvalue weighted by atomic mass is 10.2. The first-order chi connectivity index (χ1) is 12.7. The number of benzene rings is 2. The zero-order valence-corrected chi connectivity index (χ0v) is 15.2. The second-order valence-electron chi connectivity index (χ2n) is 5.67. The molecule has 1 aliphatic heterocycles. The average molecular weight is 369 g/mol. The molecule has 1 saturated heterocycles. The van der Waals surface area contributed by atoms with Crippen LogP contribution in [0.5, 0.6) is 11.5 Å². The molecule has 5 nitrogen and oxygen atoms in total. The normalized spacial score (nSPS) is 15.7. The Bertz CT molecular complexity index is 820. The highest BCUT2D eigenvalue weighted by atomic mass is 32.2. The Hall–Kier alpha value is -2.57. The molecule has 0 saturated carbocycles. The SMILES string of the molecule is COCCCN1C(=O)S/C(=C/c2cccc(Oc3ccccc3)c2)C1=O. The Morgan fingerprint density at radius 3 is 2.58 bits per heavy atom. The molecule has 1 heterocycles. The monoisotopic (exact) mass is 369 g/mol. The standard InChI is InChI=1S/C20H19NO4S/c1-24-12-6-11-21-19(22)18(26-20(21)23)14-15-7-5-10-17(13-15)25-16-8-3-2-4-9-16/h2-5,7-10,13-14H,6,11-12H2,1H3/b18-14+. The summed E-state index contributed by atoms with van der Waals surface area (Å²) in [6, 6.07) is 16.9. The summed E-state index contributed by atoms with van der Waals surface area (Å²) < 4.78 is 10.8. The molecule has 0 aromatic heterocycles. The molecule has 6 heteroatoms. The van der Waals surface area contributed by atoms with E-state index in [2.05, 4.69) is 0 Å². The predicted molar refractivity (Wildman–Crippen MR) is 102 cm³/mol. The van der Waals surface area contributed by atoms with Gasteiger partial charge in [0.1, 0.15) is 11.5 Å². The Kier molecular flexibility index (Phi) is 6.09. The first kappa shape index (κ1) is 18.2. The van der Waals surface area contributed by atoms with Gasteiger partial charge in [0.15, 0.2) is 0 Å². The number of thioether (sulfide) groups is 1. The van der Waals surface area contributed by atoms with E-state index < -0.39 is 0 Å². The Morgan fingerprint density at radius 2 is 1.81 bits per heavy atom. The number of ether oxygens (including phenoxy) is 2. The van der Waals surface area contributed by atoms with Crippen LogP contribution in [-0.2, 0) is 9.53 Å². The molecule has 0 atom stereocenters. The molecule has 3 rings (SSSR count). The third-order valence-corrected chi connectivity index (χ3v) is 4.65. The number of para-hydroxylation sites is 1. The fourth-order valence-electron chi connectivity index (χ4n) is 2.50. The maximum Gasteiger partial charge on any atom is 0.293 e. The van der Waals surface area contributed by atoms with E-state index in [0.29, 0.717) is 30.2 Å². The van der Waals surface area contributed by atoms with Crippen LogP contribution in [0.4, 0.5) is 4.79 Å². The van der Waals surface area contributed by atoms with Crippen LogP contribution in [-0.4, -0.2) is 36.3 Å². The van der Waals surface area contributed by atoms with E-state index >= 15 is 0 Å². The maximum absolute atomic E-state index is 12.4. The molecule has 1 fully saturated rings. The molecule has 26 heavy (non-hydrogen) atoms. The summed E-state index contributed by atoms with van der Waals surface area (Å²) in [6.07, 6.45) is 2.35. The quantitative estimate of drug-likeness (QED) is 0.529. The Labute approximate surface area is 156 Å². The van der Waals surface area contributed by atoms with Crippen molar-refractivity contribution in [2.24, 2.45) is 0 Å². The number of hydrogen-bond donors (Lipinski definition) is 0. The summed E-state index contributed by atoms with van der Waals surface area (Å²) in [5, 5.41) is -0.242. The zero-order chi connectivity index (χ0) is 18.4. The average Bonchev–Trinajstić information content (AvgIpc) is 2.90. The molecule has 2 aromatic rings. The first-order valence-corrected chi connectivity index (χ1v) is 9.06. The largest absolute Gasteiger partial charge is 0.457 e. The second-order valence-corrected chi connectivity index (χ2v) is 6.66. The van der Waals surface area contributed by atoms with Gasteiger partial charge in [-0.2, -0.15) is 0 Å². The topological polar surface area (TPSA) is 55.8 Å². The van der Waals surface area contributed by atoms with Gasteiger partial charge in [0.2, 0.25) is 0 Å². The van der Waals surface area contributed by atoms with Gasteiger partial charge in [-0.05, 0) is 54.1 Å². The van der Waals surface area contributed by atoms with Gasteiger partial charge in [-0.25, -0.2) is 0 Å². The van der Waals surface area contributed by atoms with Crippen molar-refractivity contribution >= 4 is 29.0 Å². The molecule has 2 amide bonds. The number of nitrogens with zero attached hydrogens (tertiary/aromatic N) is 1. The lowest BCUT2D eigenvalue weighted by Gasteiger charge is -2.11. The van der Waals surface area contributed by atoms with Gasteiger partial charge in [0.05, 0.1) is 4.91 Å². The molecule has 1 aliphatic rings. The number of hydrogen-bond acceptors (Lipinski definition) is 5. The van der Waals surface area contributed by atoms with Crippen LogP contribution in [0, 0.1) is 0 Å². The molecule has 0 N–H and O–H groups in total. The number of amides is 2. The Balaban J connectivity index is 1.72. The van der Waals surface area contributed by atoms with Crippen LogP contribution >= 0.6 is 11.8 Å². The molecular formula is C20H19NO4S. The van der Waals surface area contributed by atoms with E-state index in [1.807, 2.05) is 54.6 Å². The lowest BCUT2D eigenvalue weighted by Crippen LogP contribution is -2.29. The van der Waals surface area contributed by atoms with E-state index in [1.165, 1.54) is 4.90 Å². The summed E-state index contributed by atoms with van der Waals surface area (Å²) in [7, 11) is 1.60. The van der Waals surface area contributed by atoms with Crippen molar-refractivity contribution in [1.29, 1.82) is 0 Å². The fraction of sp³-hybridized carbons (Fsp3) is 0.200. The smallest absolute Gasteiger partial charge is 0.293 e. The van der Waals surface area contributed by atoms with Gasteiger partial charge in [0.25, 0.3) is 11.1 Å². The van der Waals surface area contributed by atoms with Gasteiger partial charge >= 0.3 is 0 Å². The van der Waals surface area contributed by atoms with Gasteiger partial charge in [-0.3, -0.25) is 14.5 Å². The molecule has 0 bridgehead atoms. The highest BCUT2D eigenvalue weighted by molar-refractivity contribution is 8.18. The summed E-state index contributed by atoms with van der Waals surface area (Å²) in [5.41, 5.74) is 0.806. The highest BCUT2D eigenvalue weighted by Crippen LogP contribution is 2.33. The Morgan fingerprint density at radius 1 is 1.04 bits per heavy atom. The summed E-state index contributed by atoms with van der Waals surface area (Å²) >= 11 is 0.961. The molecule has 0 spiro atoms. The summed E-state index contributed by atoms with van der Waals surface area (Å²) in [5.74, 6) is 1.15. The van der Waals surface area contributed by atoms with Crippen molar-refractivity contribution in [3.8, 4) is 11.5 Å². The molecule has 134 valence electrons.